The van der Waals surface area contributed by atoms with Gasteiger partial charge in [-0.25, -0.2) is 0 Å². The average Bonchev–Trinajstić information content (AvgIpc) is 2.92. The highest BCUT2D eigenvalue weighted by Gasteiger charge is 2.64. The highest BCUT2D eigenvalue weighted by atomic mass is 29.3. The quantitative estimate of drug-likeness (QED) is 0.232. The first-order chi connectivity index (χ1) is 16.8. The minimum atomic E-state index is -3.08. The van der Waals surface area contributed by atoms with Gasteiger partial charge in [-0.15, -0.1) is 0 Å². The third kappa shape index (κ3) is 4.47. The van der Waals surface area contributed by atoms with Crippen molar-refractivity contribution in [3.8, 4) is 0 Å². The van der Waals surface area contributed by atoms with E-state index in [1.54, 1.807) is 0 Å². The zero-order valence-corrected chi connectivity index (χ0v) is 22.2. The Kier molecular flexibility index (Phi) is 8.30. The molecule has 0 unspecified atom stereocenters. The molecule has 4 aromatic rings. The summed E-state index contributed by atoms with van der Waals surface area (Å²) in [6.45, 7) is 5.71. The van der Waals surface area contributed by atoms with Crippen molar-refractivity contribution in [1.82, 2.24) is 0 Å². The molecule has 0 aromatic heterocycles. The lowest BCUT2D eigenvalue weighted by Crippen LogP contribution is -2.88. The van der Waals surface area contributed by atoms with Crippen LogP contribution in [0.4, 0.5) is 0 Å². The van der Waals surface area contributed by atoms with E-state index in [4.69, 9.17) is 8.85 Å². The Morgan fingerprint density at radius 2 is 0.735 bits per heavy atom. The largest absolute Gasteiger partial charge is 0.393 e. The van der Waals surface area contributed by atoms with Crippen LogP contribution >= 0.6 is 0 Å². The van der Waals surface area contributed by atoms with Crippen LogP contribution in [-0.4, -0.2) is 28.9 Å². The van der Waals surface area contributed by atoms with Crippen molar-refractivity contribution in [2.24, 2.45) is 0 Å². The zero-order valence-electron chi connectivity index (χ0n) is 20.2. The zero-order chi connectivity index (χ0) is 23.7. The third-order valence-corrected chi connectivity index (χ3v) is 20.5. The monoisotopic (exact) mass is 482 g/mol. The average molecular weight is 483 g/mol. The van der Waals surface area contributed by atoms with Crippen LogP contribution in [0.5, 0.6) is 0 Å². The van der Waals surface area contributed by atoms with E-state index in [2.05, 4.69) is 135 Å². The maximum atomic E-state index is 7.17. The van der Waals surface area contributed by atoms with E-state index in [-0.39, 0.29) is 0 Å². The first-order valence-electron chi connectivity index (χ1n) is 12.3. The van der Waals surface area contributed by atoms with Gasteiger partial charge in [0, 0.05) is 13.2 Å². The van der Waals surface area contributed by atoms with E-state index >= 15 is 0 Å². The van der Waals surface area contributed by atoms with Crippen molar-refractivity contribution in [1.29, 1.82) is 0 Å². The predicted octanol–water partition coefficient (Wildman–Crippen LogP) is 4.44. The molecule has 0 saturated heterocycles. The fourth-order valence-corrected chi connectivity index (χ4v) is 20.7. The summed E-state index contributed by atoms with van der Waals surface area (Å²) < 4.78 is 14.3. The Labute approximate surface area is 206 Å². The summed E-state index contributed by atoms with van der Waals surface area (Å²) in [4.78, 5) is 0. The van der Waals surface area contributed by atoms with Crippen LogP contribution in [0, 0.1) is 0 Å². The van der Waals surface area contributed by atoms with Crippen molar-refractivity contribution in [3.63, 3.8) is 0 Å². The molecule has 0 amide bonds. The topological polar surface area (TPSA) is 18.5 Å². The molecule has 4 rings (SSSR count). The SMILES string of the molecule is CCCO[Si](OCCC)(c1ccccc1)[Si](c1ccccc1)(c1ccccc1)c1ccccc1. The van der Waals surface area contributed by atoms with Crippen LogP contribution in [0.3, 0.4) is 0 Å². The van der Waals surface area contributed by atoms with E-state index in [1.165, 1.54) is 20.7 Å². The molecule has 0 aliphatic rings. The maximum Gasteiger partial charge on any atom is 0.365 e. The summed E-state index contributed by atoms with van der Waals surface area (Å²) in [6, 6.07) is 43.8. The van der Waals surface area contributed by atoms with E-state index in [0.29, 0.717) is 13.2 Å². The third-order valence-electron chi connectivity index (χ3n) is 6.29. The van der Waals surface area contributed by atoms with Crippen LogP contribution in [0.2, 0.25) is 0 Å². The van der Waals surface area contributed by atoms with Crippen molar-refractivity contribution >= 4 is 36.4 Å². The number of hydrogen-bond acceptors (Lipinski definition) is 2. The molecule has 4 aromatic carbocycles. The highest BCUT2D eigenvalue weighted by Crippen LogP contribution is 2.25. The maximum absolute atomic E-state index is 7.17. The van der Waals surface area contributed by atoms with Crippen LogP contribution < -0.4 is 20.7 Å². The van der Waals surface area contributed by atoms with Crippen molar-refractivity contribution in [2.45, 2.75) is 26.7 Å². The molecule has 0 aliphatic carbocycles. The summed E-state index contributed by atoms with van der Waals surface area (Å²) in [5.74, 6) is 0. The van der Waals surface area contributed by atoms with Gasteiger partial charge in [-0.2, -0.15) is 0 Å². The lowest BCUT2D eigenvalue weighted by molar-refractivity contribution is 0.196. The molecular weight excluding hydrogens is 449 g/mol. The van der Waals surface area contributed by atoms with Crippen molar-refractivity contribution in [3.05, 3.63) is 121 Å². The van der Waals surface area contributed by atoms with Crippen molar-refractivity contribution in [2.75, 3.05) is 13.2 Å². The molecule has 0 saturated carbocycles. The Balaban J connectivity index is 2.19. The lowest BCUT2D eigenvalue weighted by atomic mass is 10.3. The molecule has 0 radical (unpaired) electrons. The summed E-state index contributed by atoms with van der Waals surface area (Å²) >= 11 is 0. The highest BCUT2D eigenvalue weighted by molar-refractivity contribution is 7.56. The second-order valence-electron chi connectivity index (χ2n) is 8.53. The van der Waals surface area contributed by atoms with Gasteiger partial charge >= 0.3 is 8.08 Å². The summed E-state index contributed by atoms with van der Waals surface area (Å²) in [6.07, 6.45) is 1.89. The predicted molar refractivity (Wildman–Crippen MR) is 148 cm³/mol. The second-order valence-corrected chi connectivity index (χ2v) is 18.4. The minimum absolute atomic E-state index is 0.673. The van der Waals surface area contributed by atoms with Crippen molar-refractivity contribution < 1.29 is 8.85 Å². The summed E-state index contributed by atoms with van der Waals surface area (Å²) in [5.41, 5.74) is 0. The standard InChI is InChI=1S/C30H34O2Si2/c1-3-25-31-34(32-26-4-2,30-23-15-8-16-24-30)33(27-17-9-5-10-18-27,28-19-11-6-12-20-28)29-21-13-7-14-22-29/h5-24H,3-4,25-26H2,1-2H3. The molecule has 0 spiro atoms. The first-order valence-corrected chi connectivity index (χ1v) is 17.1. The normalized spacial score (nSPS) is 11.9. The number of benzene rings is 4. The molecule has 0 fully saturated rings. The van der Waals surface area contributed by atoms with Crippen LogP contribution in [0.25, 0.3) is 0 Å². The van der Waals surface area contributed by atoms with Gasteiger partial charge in [0.15, 0.2) is 0 Å². The molecule has 0 atom stereocenters. The van der Waals surface area contributed by atoms with Gasteiger partial charge in [0.1, 0.15) is 0 Å². The van der Waals surface area contributed by atoms with E-state index < -0.39 is 15.7 Å². The fourth-order valence-electron chi connectivity index (χ4n) is 4.93. The molecule has 2 nitrogen and oxygen atoms in total. The van der Waals surface area contributed by atoms with Gasteiger partial charge < -0.3 is 8.85 Å². The molecule has 0 N–H and O–H groups in total. The molecule has 0 bridgehead atoms. The minimum Gasteiger partial charge on any atom is -0.393 e. The van der Waals surface area contributed by atoms with Gasteiger partial charge in [-0.3, -0.25) is 0 Å². The summed E-state index contributed by atoms with van der Waals surface area (Å²) in [7, 11) is -5.90. The molecular formula is C30H34O2Si2. The molecule has 34 heavy (non-hydrogen) atoms. The number of rotatable bonds is 11. The van der Waals surface area contributed by atoms with Gasteiger partial charge in [0.2, 0.25) is 7.59 Å². The van der Waals surface area contributed by atoms with Crippen LogP contribution in [-0.2, 0) is 8.85 Å². The molecule has 0 aliphatic heterocycles. The van der Waals surface area contributed by atoms with Gasteiger partial charge in [-0.05, 0) is 33.6 Å². The van der Waals surface area contributed by atoms with Gasteiger partial charge in [0.05, 0.1) is 0 Å². The first kappa shape index (κ1) is 24.4. The van der Waals surface area contributed by atoms with E-state index in [9.17, 15) is 0 Å². The molecule has 174 valence electrons. The fraction of sp³-hybridized carbons (Fsp3) is 0.200. The smallest absolute Gasteiger partial charge is 0.365 e. The Morgan fingerprint density at radius 1 is 0.441 bits per heavy atom. The second kappa shape index (κ2) is 11.6. The van der Waals surface area contributed by atoms with E-state index in [0.717, 1.165) is 12.8 Å². The Hall–Kier alpha value is -2.77. The van der Waals surface area contributed by atoms with Gasteiger partial charge in [-0.1, -0.05) is 135 Å². The van der Waals surface area contributed by atoms with Gasteiger partial charge in [0.25, 0.3) is 0 Å². The molecule has 0 heterocycles. The Bertz CT molecular complexity index is 1010. The number of hydrogen-bond donors (Lipinski definition) is 0. The van der Waals surface area contributed by atoms with Crippen LogP contribution in [0.15, 0.2) is 121 Å². The van der Waals surface area contributed by atoms with E-state index in [1.807, 2.05) is 0 Å². The van der Waals surface area contributed by atoms with Crippen LogP contribution in [0.1, 0.15) is 26.7 Å². The Morgan fingerprint density at radius 3 is 1.03 bits per heavy atom. The summed E-state index contributed by atoms with van der Waals surface area (Å²) in [5, 5.41) is 5.19. The lowest BCUT2D eigenvalue weighted by Gasteiger charge is -2.47. The molecule has 4 heteroatoms.